The lowest BCUT2D eigenvalue weighted by Gasteiger charge is -2.25. The fraction of sp³-hybridized carbons (Fsp3) is 0.452. The molecule has 0 radical (unpaired) electrons. The molecular formula is C42H42ClF10N8O10PS2. The molecule has 3 heterocycles. The van der Waals surface area contributed by atoms with Crippen LogP contribution in [0, 0.1) is 17.6 Å². The molecule has 4 N–H and O–H groups in total. The van der Waals surface area contributed by atoms with Crippen molar-refractivity contribution in [3.8, 4) is 11.1 Å². The average molecular weight is 1140 g/mol. The molecule has 1 unspecified atom stereocenters. The number of carbonyl (C=O) groups is 2. The van der Waals surface area contributed by atoms with Crippen LogP contribution < -0.4 is 14.9 Å². The minimum atomic E-state index is -5.23. The largest absolute Gasteiger partial charge is 0.469 e. The van der Waals surface area contributed by atoms with Gasteiger partial charge in [-0.25, -0.2) is 35.0 Å². The summed E-state index contributed by atoms with van der Waals surface area (Å²) in [7, 11) is -13.8. The summed E-state index contributed by atoms with van der Waals surface area (Å²) >= 11 is 6.60. The van der Waals surface area contributed by atoms with Crippen molar-refractivity contribution in [3.63, 3.8) is 0 Å². The Hall–Kier alpha value is -5.39. The van der Waals surface area contributed by atoms with Crippen molar-refractivity contribution in [2.24, 2.45) is 5.92 Å². The number of urea groups is 1. The summed E-state index contributed by atoms with van der Waals surface area (Å²) in [4.78, 5) is 50.4. The van der Waals surface area contributed by atoms with Gasteiger partial charge in [0.25, 0.3) is 5.92 Å². The number of fused-ring (bicyclic) bond motifs is 4. The minimum absolute atomic E-state index is 0.0149. The summed E-state index contributed by atoms with van der Waals surface area (Å²) in [6, 6.07) is 3.27. The minimum Gasteiger partial charge on any atom is -0.346 e. The molecule has 7 rings (SSSR count). The van der Waals surface area contributed by atoms with E-state index >= 15 is 8.78 Å². The lowest BCUT2D eigenvalue weighted by atomic mass is 9.93. The molecule has 3 amide bonds. The van der Waals surface area contributed by atoms with Crippen LogP contribution in [0.4, 0.5) is 54.5 Å². The zero-order valence-electron chi connectivity index (χ0n) is 38.7. The Morgan fingerprint density at radius 1 is 0.973 bits per heavy atom. The highest BCUT2D eigenvalue weighted by atomic mass is 35.5. The summed E-state index contributed by atoms with van der Waals surface area (Å²) in [5.74, 6) is -11.3. The molecule has 2 aliphatic rings. The van der Waals surface area contributed by atoms with E-state index in [0.717, 1.165) is 30.5 Å². The van der Waals surface area contributed by atoms with Crippen molar-refractivity contribution in [1.82, 2.24) is 35.2 Å². The summed E-state index contributed by atoms with van der Waals surface area (Å²) in [6.07, 6.45) is -10.3. The first kappa shape index (κ1) is 56.3. The van der Waals surface area contributed by atoms with Crippen LogP contribution in [0.1, 0.15) is 72.6 Å². The quantitative estimate of drug-likeness (QED) is 0.0379. The van der Waals surface area contributed by atoms with Gasteiger partial charge in [-0.3, -0.25) is 23.7 Å². The Morgan fingerprint density at radius 2 is 1.61 bits per heavy atom. The van der Waals surface area contributed by atoms with Gasteiger partial charge in [0.15, 0.2) is 21.3 Å². The second kappa shape index (κ2) is 19.6. The first-order valence-corrected chi connectivity index (χ1v) is 27.3. The monoisotopic (exact) mass is 1140 g/mol. The van der Waals surface area contributed by atoms with Crippen LogP contribution in [0.15, 0.2) is 42.5 Å². The third-order valence-corrected chi connectivity index (χ3v) is 16.3. The molecule has 404 valence electrons. The Kier molecular flexibility index (Phi) is 14.9. The lowest BCUT2D eigenvalue weighted by Crippen LogP contribution is -2.44. The Labute approximate surface area is 418 Å². The van der Waals surface area contributed by atoms with E-state index in [-0.39, 0.29) is 55.3 Å². The number of sulfone groups is 1. The van der Waals surface area contributed by atoms with E-state index in [4.69, 9.17) is 21.4 Å². The van der Waals surface area contributed by atoms with E-state index in [2.05, 4.69) is 25.0 Å². The number of hydrogen-bond acceptors (Lipinski definition) is 11. The molecule has 74 heavy (non-hydrogen) atoms. The molecule has 3 atom stereocenters. The Morgan fingerprint density at radius 3 is 2.19 bits per heavy atom. The number of phosphoric ester groups is 1. The number of benzene rings is 2. The van der Waals surface area contributed by atoms with E-state index in [0.29, 0.717) is 12.3 Å². The predicted octanol–water partition coefficient (Wildman–Crippen LogP) is 7.46. The fourth-order valence-corrected chi connectivity index (χ4v) is 10.5. The van der Waals surface area contributed by atoms with Crippen molar-refractivity contribution >= 4 is 67.9 Å². The number of aryl methyl sites for hydroxylation is 1. The summed E-state index contributed by atoms with van der Waals surface area (Å²) < 4.78 is 213. The van der Waals surface area contributed by atoms with Crippen molar-refractivity contribution in [1.29, 1.82) is 0 Å². The molecule has 3 aromatic heterocycles. The number of hydrogen-bond donors (Lipinski definition) is 4. The topological polar surface area (TPSA) is 245 Å². The second-order valence-electron chi connectivity index (χ2n) is 18.2. The van der Waals surface area contributed by atoms with E-state index < -0.39 is 169 Å². The van der Waals surface area contributed by atoms with Crippen LogP contribution in [0.25, 0.3) is 22.0 Å². The molecule has 1 fully saturated rings. The third-order valence-electron chi connectivity index (χ3n) is 12.3. The summed E-state index contributed by atoms with van der Waals surface area (Å²) in [5.41, 5.74) is -5.62. The van der Waals surface area contributed by atoms with Crippen LogP contribution >= 0.6 is 19.4 Å². The van der Waals surface area contributed by atoms with Gasteiger partial charge >= 0.3 is 26.2 Å². The van der Waals surface area contributed by atoms with Gasteiger partial charge in [0.05, 0.1) is 45.3 Å². The van der Waals surface area contributed by atoms with Gasteiger partial charge in [-0.1, -0.05) is 23.7 Å². The van der Waals surface area contributed by atoms with Crippen molar-refractivity contribution in [3.05, 3.63) is 93.0 Å². The van der Waals surface area contributed by atoms with E-state index in [1.54, 1.807) is 0 Å². The molecule has 2 aliphatic carbocycles. The summed E-state index contributed by atoms with van der Waals surface area (Å²) in [6.45, 7) is -2.25. The number of rotatable bonds is 18. The number of alkyl halides is 8. The highest BCUT2D eigenvalue weighted by molar-refractivity contribution is 7.93. The molecule has 5 aromatic rings. The van der Waals surface area contributed by atoms with Gasteiger partial charge in [0.1, 0.15) is 30.4 Å². The van der Waals surface area contributed by atoms with E-state index in [1.165, 1.54) is 26.0 Å². The maximum Gasteiger partial charge on any atom is 0.469 e. The van der Waals surface area contributed by atoms with Gasteiger partial charge in [-0.2, -0.15) is 49.6 Å². The van der Waals surface area contributed by atoms with Crippen LogP contribution in [0.2, 0.25) is 5.02 Å². The number of anilines is 1. The second-order valence-corrected chi connectivity index (χ2v) is 24.3. The molecule has 0 bridgehead atoms. The average Bonchev–Trinajstić information content (AvgIpc) is 3.75. The number of carbonyl (C=O) groups excluding carboxylic acids is 2. The standard InChI is InChI=1S/C42H42ClF10N8O10PS2/c1-39(2,73(3,67)68)10-9-23-5-6-24(25-7-8-28(43)32-34(25)60(19-40(46,47)48)58-37(32)61(74(4,69)70)38(63)54-11-12-71-72(64,65)66)33(55-23)29(15-20-13-21(44)16-22(45)14-20)56-30(62)18-59-36-31(35(57-59)42(51,52)53)26-17-27(26)41(36,49)50/h5-8,13-14,16,26-27,29H,9-12,15,17-19H2,1-4H3,(H,54,63)(H,56,62)(H2,64,65,66)/t26-,27?,29-/m0/s1. The SMILES string of the molecule is CC(C)(CCc1ccc(-c2ccc(Cl)c3c(N(C(=O)NCCOP(=O)(O)O)S(C)(=O)=O)nn(CC(F)(F)F)c23)c([C@H](Cc2cc(F)cc(F)c2)NC(=O)Cn2nc(C(F)(F)F)c3c2C(F)(F)C2C[C@H]32)n1)S(C)(=O)=O. The van der Waals surface area contributed by atoms with E-state index in [1.807, 2.05) is 5.32 Å². The first-order valence-electron chi connectivity index (χ1n) is 21.6. The number of nitrogens with zero attached hydrogens (tertiary/aromatic N) is 6. The van der Waals surface area contributed by atoms with Crippen molar-refractivity contribution < 1.29 is 89.2 Å². The zero-order valence-corrected chi connectivity index (χ0v) is 42.0. The Bertz CT molecular complexity index is 3330. The summed E-state index contributed by atoms with van der Waals surface area (Å²) in [5, 5.41) is 10.5. The van der Waals surface area contributed by atoms with E-state index in [9.17, 15) is 66.1 Å². The maximum absolute atomic E-state index is 15.6. The maximum atomic E-state index is 15.6. The van der Waals surface area contributed by atoms with Crippen LogP contribution in [-0.4, -0.2) is 99.7 Å². The van der Waals surface area contributed by atoms with Crippen molar-refractivity contribution in [2.75, 3.05) is 30.0 Å². The predicted molar refractivity (Wildman–Crippen MR) is 243 cm³/mol. The van der Waals surface area contributed by atoms with Crippen LogP contribution in [0.3, 0.4) is 0 Å². The van der Waals surface area contributed by atoms with Crippen LogP contribution in [0.5, 0.6) is 0 Å². The van der Waals surface area contributed by atoms with Gasteiger partial charge in [-0.15, -0.1) is 0 Å². The lowest BCUT2D eigenvalue weighted by molar-refractivity contribution is -0.143. The number of nitrogens with one attached hydrogen (secondary N) is 2. The van der Waals surface area contributed by atoms with Gasteiger partial charge < -0.3 is 20.4 Å². The molecule has 1 saturated carbocycles. The zero-order chi connectivity index (χ0) is 55.1. The smallest absolute Gasteiger partial charge is 0.346 e. The normalized spacial score (nSPS) is 17.3. The molecule has 0 aliphatic heterocycles. The number of halogens is 11. The molecule has 0 saturated heterocycles. The molecule has 18 nitrogen and oxygen atoms in total. The van der Waals surface area contributed by atoms with Crippen LogP contribution in [-0.2, 0) is 71.8 Å². The van der Waals surface area contributed by atoms with Gasteiger partial charge in [-0.05, 0) is 75.3 Å². The Balaban J connectivity index is 1.44. The first-order chi connectivity index (χ1) is 33.9. The highest BCUT2D eigenvalue weighted by Crippen LogP contribution is 2.68. The van der Waals surface area contributed by atoms with Gasteiger partial charge in [0.2, 0.25) is 15.9 Å². The number of aromatic nitrogens is 5. The van der Waals surface area contributed by atoms with Crippen molar-refractivity contribution in [2.45, 2.75) is 87.6 Å². The number of sulfonamides is 1. The number of pyridine rings is 1. The molecule has 2 aromatic carbocycles. The molecule has 32 heteroatoms. The number of phosphoric acid groups is 1. The molecular weight excluding hydrogens is 1100 g/mol. The number of amides is 3. The van der Waals surface area contributed by atoms with Gasteiger partial charge in [0, 0.05) is 47.2 Å². The third kappa shape index (κ3) is 12.0. The molecule has 0 spiro atoms. The highest BCUT2D eigenvalue weighted by Gasteiger charge is 2.68. The fourth-order valence-electron chi connectivity index (χ4n) is 8.62.